The first-order chi connectivity index (χ1) is 37.5. The first kappa shape index (κ1) is 48.7. The Balaban J connectivity index is 1.17. The molecular formula is C61H47N7O9. The highest BCUT2D eigenvalue weighted by Gasteiger charge is 2.21. The van der Waals surface area contributed by atoms with E-state index in [2.05, 4.69) is 31.8 Å². The van der Waals surface area contributed by atoms with Gasteiger partial charge in [0.15, 0.2) is 0 Å². The molecule has 0 fully saturated rings. The van der Waals surface area contributed by atoms with Gasteiger partial charge in [0.1, 0.15) is 34.5 Å². The Morgan fingerprint density at radius 1 is 0.364 bits per heavy atom. The molecule has 0 amide bonds. The Hall–Kier alpha value is -10.5. The normalized spacial score (nSPS) is 11.5. The highest BCUT2D eigenvalue weighted by atomic mass is 16.5. The van der Waals surface area contributed by atoms with Crippen molar-refractivity contribution >= 4 is 46.4 Å². The summed E-state index contributed by atoms with van der Waals surface area (Å²) in [5, 5.41) is 0. The molecule has 16 nitrogen and oxygen atoms in total. The van der Waals surface area contributed by atoms with Gasteiger partial charge < -0.3 is 38.4 Å². The predicted octanol–water partition coefficient (Wildman–Crippen LogP) is 10.3. The van der Waals surface area contributed by atoms with E-state index in [0.29, 0.717) is 62.8 Å². The number of nitrogens with zero attached hydrogens (tertiary/aromatic N) is 3. The molecule has 77 heavy (non-hydrogen) atoms. The number of hydrogen-bond donors (Lipinski definition) is 4. The van der Waals surface area contributed by atoms with E-state index in [1.54, 1.807) is 66.9 Å². The minimum Gasteiger partial charge on any atom is -0.497 e. The van der Waals surface area contributed by atoms with Crippen LogP contribution < -0.4 is 45.5 Å². The molecule has 11 rings (SSSR count). The average molecular weight is 1020 g/mol. The number of hydrogen-bond acceptors (Lipinski definition) is 11. The summed E-state index contributed by atoms with van der Waals surface area (Å²) >= 11 is 0. The molecule has 2 aliphatic heterocycles. The molecule has 380 valence electrons. The largest absolute Gasteiger partial charge is 0.497 e. The zero-order valence-electron chi connectivity index (χ0n) is 42.4. The first-order valence-corrected chi connectivity index (χ1v) is 24.1. The Labute approximate surface area is 439 Å². The summed E-state index contributed by atoms with van der Waals surface area (Å²) < 4.78 is 35.7. The Bertz CT molecular complexity index is 4170. The van der Waals surface area contributed by atoms with Crippen molar-refractivity contribution in [1.82, 2.24) is 34.5 Å². The van der Waals surface area contributed by atoms with Gasteiger partial charge in [0.2, 0.25) is 0 Å². The van der Waals surface area contributed by atoms with Gasteiger partial charge in [-0.25, -0.2) is 28.9 Å². The highest BCUT2D eigenvalue weighted by Crippen LogP contribution is 2.42. The maximum Gasteiger partial charge on any atom is 0.338 e. The molecule has 0 aliphatic carbocycles. The SMILES string of the molecule is COc1cc(OC)cc(-c2c3nc(c(-c4cc(OC)cc(OC)c4)c4ccc([nH]4)c(-c4cc(OC)cc(OC)c4)c4nc(c(-c5ccc(C#Cc6ccc(-n7c(=O)[nH]c(=O)[nH]c7=O)cc6)cc5)c5ccc2[nH]5)C=C4)C=C3)c1. The van der Waals surface area contributed by atoms with Crippen LogP contribution in [0.4, 0.5) is 0 Å². The molecule has 0 spiro atoms. The number of benzene rings is 5. The van der Waals surface area contributed by atoms with Gasteiger partial charge in [-0.2, -0.15) is 0 Å². The Morgan fingerprint density at radius 2 is 0.662 bits per heavy atom. The molecule has 4 aromatic heterocycles. The molecule has 5 aromatic carbocycles. The van der Waals surface area contributed by atoms with Crippen LogP contribution in [0.5, 0.6) is 34.5 Å². The fourth-order valence-corrected chi connectivity index (χ4v) is 9.50. The molecule has 16 heteroatoms. The van der Waals surface area contributed by atoms with E-state index < -0.39 is 17.1 Å². The van der Waals surface area contributed by atoms with Gasteiger partial charge in [0.05, 0.1) is 71.1 Å². The number of fused-ring (bicyclic) bond motifs is 8. The molecule has 0 saturated heterocycles. The van der Waals surface area contributed by atoms with Gasteiger partial charge in [0.25, 0.3) is 0 Å². The van der Waals surface area contributed by atoms with Crippen molar-refractivity contribution in [3.8, 4) is 96.5 Å². The second-order valence-electron chi connectivity index (χ2n) is 17.7. The molecule has 9 aromatic rings. The Kier molecular flexibility index (Phi) is 12.9. The molecule has 0 radical (unpaired) electrons. The summed E-state index contributed by atoms with van der Waals surface area (Å²) in [6.07, 6.45) is 8.04. The Morgan fingerprint density at radius 3 is 0.974 bits per heavy atom. The third-order valence-corrected chi connectivity index (χ3v) is 13.2. The van der Waals surface area contributed by atoms with Gasteiger partial charge >= 0.3 is 17.1 Å². The predicted molar refractivity (Wildman–Crippen MR) is 299 cm³/mol. The van der Waals surface area contributed by atoms with Crippen LogP contribution in [0, 0.1) is 11.8 Å². The smallest absolute Gasteiger partial charge is 0.338 e. The molecule has 0 saturated carbocycles. The van der Waals surface area contributed by atoms with E-state index >= 15 is 0 Å². The van der Waals surface area contributed by atoms with Crippen molar-refractivity contribution in [1.29, 1.82) is 0 Å². The molecule has 6 heterocycles. The standard InChI is InChI=1S/C61H47N7O9/c1-72-41-25-37(26-42(31-41)73-2)56-49-19-17-47(62-49)55(36-13-9-34(10-14-36)7-8-35-11-15-40(16-12-35)68-60(70)66-59(69)67-61(68)71)48-18-20-50(63-48)57(38-27-43(74-3)32-44(28-38)75-4)52-22-24-54(65-52)58(53-23-21-51(56)64-53)39-29-45(76-5)33-46(30-39)77-6/h9-33,62,65H,1-6H3,(H2,66,67,69,70,71). The lowest BCUT2D eigenvalue weighted by molar-refractivity contribution is 0.394. The van der Waals surface area contributed by atoms with Gasteiger partial charge in [-0.3, -0.25) is 9.97 Å². The van der Waals surface area contributed by atoms with Crippen molar-refractivity contribution in [3.63, 3.8) is 0 Å². The zero-order valence-corrected chi connectivity index (χ0v) is 42.4. The van der Waals surface area contributed by atoms with Crippen molar-refractivity contribution in [2.24, 2.45) is 0 Å². The summed E-state index contributed by atoms with van der Waals surface area (Å²) in [6.45, 7) is 0. The highest BCUT2D eigenvalue weighted by molar-refractivity contribution is 6.00. The van der Waals surface area contributed by atoms with Crippen LogP contribution in [0.15, 0.2) is 142 Å². The van der Waals surface area contributed by atoms with Crippen molar-refractivity contribution < 1.29 is 28.4 Å². The zero-order chi connectivity index (χ0) is 53.3. The van der Waals surface area contributed by atoms with E-state index in [0.717, 1.165) is 76.7 Å². The van der Waals surface area contributed by atoms with Crippen LogP contribution in [0.1, 0.15) is 33.9 Å². The second kappa shape index (κ2) is 20.4. The average Bonchev–Trinajstić information content (AvgIpc) is 4.36. The number of aromatic nitrogens is 7. The first-order valence-electron chi connectivity index (χ1n) is 24.1. The summed E-state index contributed by atoms with van der Waals surface area (Å²) in [6, 6.07) is 39.9. The van der Waals surface area contributed by atoms with Gasteiger partial charge in [-0.15, -0.1) is 0 Å². The summed E-state index contributed by atoms with van der Waals surface area (Å²) in [5.41, 5.74) is 11.3. The van der Waals surface area contributed by atoms with Crippen LogP contribution >= 0.6 is 0 Å². The topological polar surface area (TPSA) is 200 Å². The molecule has 2 aliphatic rings. The molecular weight excluding hydrogens is 975 g/mol. The van der Waals surface area contributed by atoms with E-state index in [1.165, 1.54) is 0 Å². The quantitative estimate of drug-likeness (QED) is 0.0899. The minimum atomic E-state index is -0.878. The van der Waals surface area contributed by atoms with Crippen LogP contribution in [-0.4, -0.2) is 77.1 Å². The number of aromatic amines is 4. The third kappa shape index (κ3) is 9.52. The third-order valence-electron chi connectivity index (χ3n) is 13.2. The maximum atomic E-state index is 12.4. The lowest BCUT2D eigenvalue weighted by Crippen LogP contribution is -2.42. The fraction of sp³-hybridized carbons (Fsp3) is 0.0984. The van der Waals surface area contributed by atoms with Gasteiger partial charge in [-0.05, 0) is 144 Å². The number of methoxy groups -OCH3 is 6. The van der Waals surface area contributed by atoms with Crippen LogP contribution in [0.25, 0.3) is 96.6 Å². The van der Waals surface area contributed by atoms with Crippen LogP contribution in [-0.2, 0) is 0 Å². The maximum absolute atomic E-state index is 12.4. The minimum absolute atomic E-state index is 0.276. The number of H-pyrrole nitrogens is 4. The van der Waals surface area contributed by atoms with E-state index in [9.17, 15) is 14.4 Å². The summed E-state index contributed by atoms with van der Waals surface area (Å²) in [4.78, 5) is 59.0. The second-order valence-corrected chi connectivity index (χ2v) is 17.7. The summed E-state index contributed by atoms with van der Waals surface area (Å²) in [5.74, 6) is 10.0. The van der Waals surface area contributed by atoms with E-state index in [4.69, 9.17) is 38.4 Å². The lowest BCUT2D eigenvalue weighted by atomic mass is 10.0. The number of rotatable bonds is 11. The van der Waals surface area contributed by atoms with Crippen molar-refractivity contribution in [2.75, 3.05) is 42.7 Å². The molecule has 4 N–H and O–H groups in total. The van der Waals surface area contributed by atoms with E-state index in [1.807, 2.05) is 127 Å². The van der Waals surface area contributed by atoms with Crippen molar-refractivity contribution in [3.05, 3.63) is 193 Å². The lowest BCUT2D eigenvalue weighted by Gasteiger charge is -2.11. The number of nitrogens with one attached hydrogen (secondary N) is 4. The van der Waals surface area contributed by atoms with E-state index in [-0.39, 0.29) is 5.69 Å². The monoisotopic (exact) mass is 1020 g/mol. The van der Waals surface area contributed by atoms with Gasteiger partial charge in [0, 0.05) is 73.6 Å². The van der Waals surface area contributed by atoms with Crippen LogP contribution in [0.3, 0.4) is 0 Å². The molecule has 8 bridgehead atoms. The fourth-order valence-electron chi connectivity index (χ4n) is 9.50. The number of ether oxygens (including phenoxy) is 6. The van der Waals surface area contributed by atoms with Gasteiger partial charge in [-0.1, -0.05) is 24.0 Å². The summed E-state index contributed by atoms with van der Waals surface area (Å²) in [7, 11) is 9.75. The molecule has 0 unspecified atom stereocenters. The van der Waals surface area contributed by atoms with Crippen LogP contribution in [0.2, 0.25) is 0 Å². The van der Waals surface area contributed by atoms with Crippen molar-refractivity contribution in [2.45, 2.75) is 0 Å². The molecule has 0 atom stereocenters.